The maximum atomic E-state index is 12.4. The third kappa shape index (κ3) is 8.37. The Morgan fingerprint density at radius 3 is 2.38 bits per heavy atom. The second-order valence-corrected chi connectivity index (χ2v) is 7.36. The number of ether oxygens (including phenoxy) is 3. The van der Waals surface area contributed by atoms with E-state index in [1.54, 1.807) is 6.92 Å². The molecule has 162 valence electrons. The van der Waals surface area contributed by atoms with Gasteiger partial charge in [-0.15, -0.1) is 0 Å². The normalized spacial score (nSPS) is 10.9. The van der Waals surface area contributed by atoms with Crippen molar-refractivity contribution >= 4 is 17.6 Å². The summed E-state index contributed by atoms with van der Waals surface area (Å²) in [6.45, 7) is 7.87. The summed E-state index contributed by atoms with van der Waals surface area (Å²) in [4.78, 5) is 34.8. The molecule has 0 aliphatic carbocycles. The fourth-order valence-electron chi connectivity index (χ4n) is 2.57. The quantitative estimate of drug-likeness (QED) is 0.256. The molecule has 29 heavy (non-hydrogen) atoms. The molecule has 1 N–H and O–H groups in total. The molecule has 0 fully saturated rings. The van der Waals surface area contributed by atoms with Crippen LogP contribution in [0, 0.1) is 10.1 Å². The zero-order valence-electron chi connectivity index (χ0n) is 17.7. The van der Waals surface area contributed by atoms with Gasteiger partial charge in [-0.1, -0.05) is 6.42 Å². The third-order valence-electron chi connectivity index (χ3n) is 3.79. The molecule has 0 atom stereocenters. The van der Waals surface area contributed by atoms with E-state index in [1.165, 1.54) is 19.2 Å². The second kappa shape index (κ2) is 11.2. The van der Waals surface area contributed by atoms with Crippen molar-refractivity contribution in [1.82, 2.24) is 5.32 Å². The van der Waals surface area contributed by atoms with Crippen molar-refractivity contribution in [2.75, 3.05) is 20.3 Å². The highest BCUT2D eigenvalue weighted by atomic mass is 16.6. The van der Waals surface area contributed by atoms with Crippen molar-refractivity contribution in [2.24, 2.45) is 0 Å². The van der Waals surface area contributed by atoms with E-state index in [4.69, 9.17) is 14.2 Å². The molecule has 0 spiro atoms. The Labute approximate surface area is 170 Å². The highest BCUT2D eigenvalue weighted by Gasteiger charge is 2.24. The molecule has 0 aliphatic heterocycles. The van der Waals surface area contributed by atoms with Crippen LogP contribution in [0.1, 0.15) is 63.7 Å². The van der Waals surface area contributed by atoms with Crippen LogP contribution >= 0.6 is 0 Å². The van der Waals surface area contributed by atoms with Gasteiger partial charge in [-0.25, -0.2) is 0 Å². The monoisotopic (exact) mass is 410 g/mol. The zero-order valence-corrected chi connectivity index (χ0v) is 17.7. The summed E-state index contributed by atoms with van der Waals surface area (Å²) < 4.78 is 15.7. The first-order valence-corrected chi connectivity index (χ1v) is 9.58. The van der Waals surface area contributed by atoms with E-state index < -0.39 is 16.4 Å². The number of hydrogen-bond donors (Lipinski definition) is 1. The van der Waals surface area contributed by atoms with Crippen molar-refractivity contribution in [2.45, 2.75) is 59.0 Å². The average molecular weight is 410 g/mol. The van der Waals surface area contributed by atoms with Crippen LogP contribution in [0.2, 0.25) is 0 Å². The fourth-order valence-corrected chi connectivity index (χ4v) is 2.57. The predicted octanol–water partition coefficient (Wildman–Crippen LogP) is 3.63. The molecule has 1 amide bonds. The summed E-state index contributed by atoms with van der Waals surface area (Å²) in [5, 5.41) is 14.0. The van der Waals surface area contributed by atoms with Crippen molar-refractivity contribution in [3.05, 3.63) is 27.8 Å². The molecule has 0 aromatic heterocycles. The lowest BCUT2D eigenvalue weighted by atomic mass is 10.1. The zero-order chi connectivity index (χ0) is 22.0. The number of hydrogen-bond acceptors (Lipinski definition) is 7. The molecule has 0 unspecified atom stereocenters. The van der Waals surface area contributed by atoms with Gasteiger partial charge in [0, 0.05) is 19.0 Å². The van der Waals surface area contributed by atoms with Crippen LogP contribution in [0.5, 0.6) is 11.5 Å². The summed E-state index contributed by atoms with van der Waals surface area (Å²) in [7, 11) is 1.37. The minimum absolute atomic E-state index is 0.0898. The Kier molecular flexibility index (Phi) is 9.37. The van der Waals surface area contributed by atoms with Crippen molar-refractivity contribution in [1.29, 1.82) is 0 Å². The first kappa shape index (κ1) is 24.2. The molecular formula is C20H30N2O7. The summed E-state index contributed by atoms with van der Waals surface area (Å²) in [5.41, 5.74) is -0.945. The van der Waals surface area contributed by atoms with Gasteiger partial charge in [-0.3, -0.25) is 19.7 Å². The largest absolute Gasteiger partial charge is 0.493 e. The number of carbonyl (C=O) groups excluding carboxylic acids is 2. The lowest BCUT2D eigenvalue weighted by molar-refractivity contribution is -0.385. The number of methoxy groups -OCH3 is 1. The molecule has 0 saturated heterocycles. The van der Waals surface area contributed by atoms with Gasteiger partial charge in [0.05, 0.1) is 24.7 Å². The first-order valence-electron chi connectivity index (χ1n) is 9.58. The summed E-state index contributed by atoms with van der Waals surface area (Å²) in [6, 6.07) is 2.50. The maximum Gasteiger partial charge on any atom is 0.306 e. The first-order chi connectivity index (χ1) is 13.6. The van der Waals surface area contributed by atoms with Gasteiger partial charge in [0.2, 0.25) is 0 Å². The third-order valence-corrected chi connectivity index (χ3v) is 3.79. The van der Waals surface area contributed by atoms with E-state index in [0.717, 1.165) is 0 Å². The summed E-state index contributed by atoms with van der Waals surface area (Å²) in [6.07, 6.45) is 2.31. The van der Waals surface area contributed by atoms with E-state index in [-0.39, 0.29) is 28.7 Å². The number of amides is 1. The van der Waals surface area contributed by atoms with Gasteiger partial charge in [0.1, 0.15) is 11.2 Å². The molecule has 9 heteroatoms. The molecule has 0 heterocycles. The minimum atomic E-state index is -0.631. The van der Waals surface area contributed by atoms with E-state index >= 15 is 0 Å². The van der Waals surface area contributed by atoms with E-state index in [9.17, 15) is 19.7 Å². The molecule has 1 rings (SSSR count). The number of rotatable bonds is 11. The molecule has 1 aromatic rings. The predicted molar refractivity (Wildman–Crippen MR) is 107 cm³/mol. The van der Waals surface area contributed by atoms with Gasteiger partial charge < -0.3 is 19.5 Å². The van der Waals surface area contributed by atoms with Crippen LogP contribution < -0.4 is 14.8 Å². The number of nitro benzene ring substituents is 1. The van der Waals surface area contributed by atoms with Crippen LogP contribution in [0.4, 0.5) is 5.69 Å². The minimum Gasteiger partial charge on any atom is -0.493 e. The van der Waals surface area contributed by atoms with Crippen molar-refractivity contribution in [3.8, 4) is 11.5 Å². The number of nitrogens with one attached hydrogen (secondary N) is 1. The summed E-state index contributed by atoms with van der Waals surface area (Å²) >= 11 is 0. The van der Waals surface area contributed by atoms with Gasteiger partial charge in [0.15, 0.2) is 11.5 Å². The molecule has 0 bridgehead atoms. The molecule has 0 saturated carbocycles. The Hall–Kier alpha value is -2.84. The van der Waals surface area contributed by atoms with E-state index in [2.05, 4.69) is 5.32 Å². The summed E-state index contributed by atoms with van der Waals surface area (Å²) in [5.74, 6) is -0.355. The molecular weight excluding hydrogens is 380 g/mol. The smallest absolute Gasteiger partial charge is 0.306 e. The number of nitrogens with zero attached hydrogens (tertiary/aromatic N) is 1. The Balaban J connectivity index is 2.60. The maximum absolute atomic E-state index is 12.4. The van der Waals surface area contributed by atoms with Crippen LogP contribution in [-0.4, -0.2) is 42.7 Å². The van der Waals surface area contributed by atoms with Crippen molar-refractivity contribution in [3.63, 3.8) is 0 Å². The molecule has 0 radical (unpaired) electrons. The Bertz CT molecular complexity index is 726. The number of benzene rings is 1. The number of esters is 1. The number of nitro groups is 1. The SMILES string of the molecule is CCOc1cc(C(=O)NCCCCCC(=O)OC(C)(C)C)c([N+](=O)[O-])cc1OC. The Morgan fingerprint density at radius 1 is 1.14 bits per heavy atom. The van der Waals surface area contributed by atoms with E-state index in [0.29, 0.717) is 38.8 Å². The molecule has 0 aliphatic rings. The van der Waals surface area contributed by atoms with Crippen LogP contribution in [0.15, 0.2) is 12.1 Å². The topological polar surface area (TPSA) is 117 Å². The number of unbranched alkanes of at least 4 members (excludes halogenated alkanes) is 2. The highest BCUT2D eigenvalue weighted by Crippen LogP contribution is 2.34. The fraction of sp³-hybridized carbons (Fsp3) is 0.600. The van der Waals surface area contributed by atoms with Gasteiger partial charge in [-0.05, 0) is 40.5 Å². The van der Waals surface area contributed by atoms with Crippen LogP contribution in [0.3, 0.4) is 0 Å². The lowest BCUT2D eigenvalue weighted by Crippen LogP contribution is -2.25. The molecule has 9 nitrogen and oxygen atoms in total. The van der Waals surface area contributed by atoms with Crippen LogP contribution in [0.25, 0.3) is 0 Å². The van der Waals surface area contributed by atoms with Crippen molar-refractivity contribution < 1.29 is 28.7 Å². The molecule has 1 aromatic carbocycles. The van der Waals surface area contributed by atoms with Gasteiger partial charge >= 0.3 is 5.97 Å². The number of carbonyl (C=O) groups is 2. The van der Waals surface area contributed by atoms with Gasteiger partial charge in [-0.2, -0.15) is 0 Å². The average Bonchev–Trinajstić information content (AvgIpc) is 2.62. The van der Waals surface area contributed by atoms with Crippen LogP contribution in [-0.2, 0) is 9.53 Å². The highest BCUT2D eigenvalue weighted by molar-refractivity contribution is 5.99. The van der Waals surface area contributed by atoms with Gasteiger partial charge in [0.25, 0.3) is 11.6 Å². The Morgan fingerprint density at radius 2 is 1.83 bits per heavy atom. The lowest BCUT2D eigenvalue weighted by Gasteiger charge is -2.19. The van der Waals surface area contributed by atoms with E-state index in [1.807, 2.05) is 20.8 Å². The standard InChI is InChI=1S/C20H30N2O7/c1-6-28-17-12-14(15(22(25)26)13-16(17)27-5)19(24)21-11-9-7-8-10-18(23)29-20(2,3)4/h12-13H,6-11H2,1-5H3,(H,21,24). The second-order valence-electron chi connectivity index (χ2n) is 7.36.